The predicted molar refractivity (Wildman–Crippen MR) is 115 cm³/mol. The highest BCUT2D eigenvalue weighted by Crippen LogP contribution is 2.31. The number of rotatable bonds is 5. The second-order valence-corrected chi connectivity index (χ2v) is 8.28. The molecule has 0 spiro atoms. The number of aryl methyl sites for hydroxylation is 3. The van der Waals surface area contributed by atoms with E-state index in [9.17, 15) is 0 Å². The van der Waals surface area contributed by atoms with Gasteiger partial charge in [0.15, 0.2) is 0 Å². The van der Waals surface area contributed by atoms with Crippen LogP contribution in [0.3, 0.4) is 0 Å². The SMILES string of the molecule is CCc1nc(Cc2ccc(Cc3ccccc3)cc2)nc2c(C)c(C)sc12. The van der Waals surface area contributed by atoms with Crippen molar-refractivity contribution in [1.29, 1.82) is 0 Å². The Bertz CT molecular complexity index is 1060. The largest absolute Gasteiger partial charge is 0.236 e. The molecule has 0 radical (unpaired) electrons. The van der Waals surface area contributed by atoms with Crippen molar-refractivity contribution in [3.63, 3.8) is 0 Å². The monoisotopic (exact) mass is 372 g/mol. The Labute approximate surface area is 164 Å². The molecule has 0 aliphatic carbocycles. The van der Waals surface area contributed by atoms with Crippen molar-refractivity contribution in [1.82, 2.24) is 9.97 Å². The molecule has 27 heavy (non-hydrogen) atoms. The maximum atomic E-state index is 4.89. The van der Waals surface area contributed by atoms with E-state index in [0.717, 1.165) is 30.6 Å². The highest BCUT2D eigenvalue weighted by Gasteiger charge is 2.13. The first-order valence-corrected chi connectivity index (χ1v) is 10.3. The van der Waals surface area contributed by atoms with Gasteiger partial charge in [0.25, 0.3) is 0 Å². The van der Waals surface area contributed by atoms with Crippen molar-refractivity contribution >= 4 is 21.6 Å². The van der Waals surface area contributed by atoms with E-state index in [0.29, 0.717) is 0 Å². The Morgan fingerprint density at radius 3 is 2.07 bits per heavy atom. The maximum Gasteiger partial charge on any atom is 0.133 e. The lowest BCUT2D eigenvalue weighted by molar-refractivity contribution is 0.933. The molecule has 2 aromatic carbocycles. The van der Waals surface area contributed by atoms with Crippen molar-refractivity contribution < 1.29 is 0 Å². The molecule has 0 unspecified atom stereocenters. The van der Waals surface area contributed by atoms with Crippen LogP contribution in [0, 0.1) is 13.8 Å². The fourth-order valence-electron chi connectivity index (χ4n) is 3.41. The average molecular weight is 373 g/mol. The van der Waals surface area contributed by atoms with E-state index in [1.54, 1.807) is 0 Å². The lowest BCUT2D eigenvalue weighted by Crippen LogP contribution is -2.01. The van der Waals surface area contributed by atoms with Gasteiger partial charge in [-0.1, -0.05) is 61.5 Å². The zero-order valence-corrected chi connectivity index (χ0v) is 16.9. The Morgan fingerprint density at radius 2 is 1.41 bits per heavy atom. The number of fused-ring (bicyclic) bond motifs is 1. The van der Waals surface area contributed by atoms with Gasteiger partial charge >= 0.3 is 0 Å². The van der Waals surface area contributed by atoms with Gasteiger partial charge in [0.2, 0.25) is 0 Å². The molecule has 0 saturated carbocycles. The molecule has 0 saturated heterocycles. The standard InChI is InChI=1S/C24H24N2S/c1-4-21-24-23(16(2)17(3)27-24)26-22(25-21)15-20-12-10-19(11-13-20)14-18-8-6-5-7-9-18/h5-13H,4,14-15H2,1-3H3. The Hall–Kier alpha value is -2.52. The van der Waals surface area contributed by atoms with E-state index < -0.39 is 0 Å². The molecular weight excluding hydrogens is 348 g/mol. The third kappa shape index (κ3) is 3.79. The van der Waals surface area contributed by atoms with Crippen LogP contribution in [0.1, 0.15) is 45.6 Å². The zero-order valence-electron chi connectivity index (χ0n) is 16.1. The second kappa shape index (κ2) is 7.61. The Kier molecular flexibility index (Phi) is 5.04. The van der Waals surface area contributed by atoms with Crippen molar-refractivity contribution in [2.24, 2.45) is 0 Å². The summed E-state index contributed by atoms with van der Waals surface area (Å²) in [5, 5.41) is 0. The average Bonchev–Trinajstić information content (AvgIpc) is 2.98. The van der Waals surface area contributed by atoms with Crippen LogP contribution in [-0.2, 0) is 19.3 Å². The topological polar surface area (TPSA) is 25.8 Å². The third-order valence-electron chi connectivity index (χ3n) is 5.09. The highest BCUT2D eigenvalue weighted by molar-refractivity contribution is 7.19. The summed E-state index contributed by atoms with van der Waals surface area (Å²) in [6.07, 6.45) is 2.70. The third-order valence-corrected chi connectivity index (χ3v) is 6.34. The number of hydrogen-bond donors (Lipinski definition) is 0. The molecule has 136 valence electrons. The summed E-state index contributed by atoms with van der Waals surface area (Å²) >= 11 is 1.82. The summed E-state index contributed by atoms with van der Waals surface area (Å²) in [6.45, 7) is 6.52. The van der Waals surface area contributed by atoms with E-state index in [1.807, 2.05) is 11.3 Å². The summed E-state index contributed by atoms with van der Waals surface area (Å²) in [4.78, 5) is 11.1. The van der Waals surface area contributed by atoms with Crippen LogP contribution in [0.5, 0.6) is 0 Å². The molecule has 2 heterocycles. The van der Waals surface area contributed by atoms with Gasteiger partial charge < -0.3 is 0 Å². The van der Waals surface area contributed by atoms with Crippen molar-refractivity contribution in [2.75, 3.05) is 0 Å². The minimum Gasteiger partial charge on any atom is -0.236 e. The number of thiophene rings is 1. The minimum absolute atomic E-state index is 0.781. The molecule has 4 rings (SSSR count). The van der Waals surface area contributed by atoms with Gasteiger partial charge in [-0.25, -0.2) is 9.97 Å². The molecule has 2 aromatic heterocycles. The van der Waals surface area contributed by atoms with Gasteiger partial charge in [0.1, 0.15) is 5.82 Å². The first-order valence-electron chi connectivity index (χ1n) is 9.51. The number of aromatic nitrogens is 2. The molecule has 0 aliphatic rings. The molecule has 0 atom stereocenters. The Morgan fingerprint density at radius 1 is 0.778 bits per heavy atom. The Balaban J connectivity index is 1.57. The smallest absolute Gasteiger partial charge is 0.133 e. The first-order chi connectivity index (χ1) is 13.1. The summed E-state index contributed by atoms with van der Waals surface area (Å²) in [5.74, 6) is 0.927. The molecule has 3 heteroatoms. The molecule has 0 N–H and O–H groups in total. The zero-order chi connectivity index (χ0) is 18.8. The van der Waals surface area contributed by atoms with Crippen molar-refractivity contribution in [2.45, 2.75) is 40.0 Å². The van der Waals surface area contributed by atoms with E-state index in [-0.39, 0.29) is 0 Å². The van der Waals surface area contributed by atoms with Crippen LogP contribution in [0.4, 0.5) is 0 Å². The maximum absolute atomic E-state index is 4.89. The van der Waals surface area contributed by atoms with E-state index in [2.05, 4.69) is 75.4 Å². The molecule has 0 amide bonds. The highest BCUT2D eigenvalue weighted by atomic mass is 32.1. The fraction of sp³-hybridized carbons (Fsp3) is 0.250. The summed E-state index contributed by atoms with van der Waals surface area (Å²) < 4.78 is 1.26. The lowest BCUT2D eigenvalue weighted by Gasteiger charge is -2.07. The second-order valence-electron chi connectivity index (χ2n) is 7.06. The normalized spacial score (nSPS) is 11.2. The molecular formula is C24H24N2S. The molecule has 0 bridgehead atoms. The van der Waals surface area contributed by atoms with Crippen molar-refractivity contribution in [3.8, 4) is 0 Å². The van der Waals surface area contributed by atoms with Gasteiger partial charge in [-0.05, 0) is 48.9 Å². The molecule has 0 aliphatic heterocycles. The molecule has 4 aromatic rings. The minimum atomic E-state index is 0.781. The lowest BCUT2D eigenvalue weighted by atomic mass is 10.0. The number of hydrogen-bond acceptors (Lipinski definition) is 3. The summed E-state index contributed by atoms with van der Waals surface area (Å²) in [7, 11) is 0. The number of benzene rings is 2. The van der Waals surface area contributed by atoms with E-state index >= 15 is 0 Å². The van der Waals surface area contributed by atoms with Crippen molar-refractivity contribution in [3.05, 3.63) is 93.2 Å². The van der Waals surface area contributed by atoms with Gasteiger partial charge in [-0.2, -0.15) is 0 Å². The quantitative estimate of drug-likeness (QED) is 0.426. The number of nitrogens with zero attached hydrogens (tertiary/aromatic N) is 2. The van der Waals surface area contributed by atoms with Crippen LogP contribution in [0.2, 0.25) is 0 Å². The van der Waals surface area contributed by atoms with Crippen LogP contribution in [0.15, 0.2) is 54.6 Å². The van der Waals surface area contributed by atoms with Crippen LogP contribution < -0.4 is 0 Å². The summed E-state index contributed by atoms with van der Waals surface area (Å²) in [5.41, 5.74) is 7.55. The van der Waals surface area contributed by atoms with Gasteiger partial charge in [0.05, 0.1) is 15.9 Å². The first kappa shape index (κ1) is 17.9. The predicted octanol–water partition coefficient (Wildman–Crippen LogP) is 6.05. The van der Waals surface area contributed by atoms with E-state index in [1.165, 1.54) is 37.5 Å². The molecule has 0 fully saturated rings. The fourth-order valence-corrected chi connectivity index (χ4v) is 4.57. The van der Waals surface area contributed by atoms with Gasteiger partial charge in [0, 0.05) is 11.3 Å². The summed E-state index contributed by atoms with van der Waals surface area (Å²) in [6, 6.07) is 19.5. The van der Waals surface area contributed by atoms with Crippen LogP contribution >= 0.6 is 11.3 Å². The van der Waals surface area contributed by atoms with Gasteiger partial charge in [-0.15, -0.1) is 11.3 Å². The van der Waals surface area contributed by atoms with Crippen LogP contribution in [0.25, 0.3) is 10.2 Å². The van der Waals surface area contributed by atoms with E-state index in [4.69, 9.17) is 9.97 Å². The van der Waals surface area contributed by atoms with Gasteiger partial charge in [-0.3, -0.25) is 0 Å². The van der Waals surface area contributed by atoms with Crippen LogP contribution in [-0.4, -0.2) is 9.97 Å². The molecule has 2 nitrogen and oxygen atoms in total.